The summed E-state index contributed by atoms with van der Waals surface area (Å²) < 4.78 is 7.41. The predicted molar refractivity (Wildman–Crippen MR) is 85.2 cm³/mol. The topological polar surface area (TPSA) is 55.6 Å². The smallest absolute Gasteiger partial charge is 0.262 e. The van der Waals surface area contributed by atoms with Crippen LogP contribution in [0, 0.1) is 13.8 Å². The van der Waals surface area contributed by atoms with Crippen LogP contribution in [0.5, 0.6) is 5.75 Å². The van der Waals surface area contributed by atoms with E-state index >= 15 is 0 Å². The molecular formula is C17H17N3O2. The average Bonchev–Trinajstić information content (AvgIpc) is 2.86. The maximum atomic E-state index is 12.0. The number of para-hydroxylation sites is 1. The third-order valence-electron chi connectivity index (χ3n) is 3.31. The Bertz CT molecular complexity index is 824. The van der Waals surface area contributed by atoms with Crippen LogP contribution in [0.15, 0.2) is 48.8 Å². The van der Waals surface area contributed by atoms with E-state index in [-0.39, 0.29) is 12.5 Å². The monoisotopic (exact) mass is 295 g/mol. The molecule has 5 nitrogen and oxygen atoms in total. The summed E-state index contributed by atoms with van der Waals surface area (Å²) in [4.78, 5) is 16.3. The first kappa shape index (κ1) is 14.1. The van der Waals surface area contributed by atoms with E-state index in [1.165, 1.54) is 0 Å². The minimum absolute atomic E-state index is 0.0220. The molecule has 0 saturated carbocycles. The highest BCUT2D eigenvalue weighted by Gasteiger charge is 2.06. The lowest BCUT2D eigenvalue weighted by Gasteiger charge is -2.09. The SMILES string of the molecule is Cc1cn2cc(NC(=O)COc3ccccc3C)ccc2n1. The van der Waals surface area contributed by atoms with Gasteiger partial charge in [-0.3, -0.25) is 4.79 Å². The van der Waals surface area contributed by atoms with Crippen molar-refractivity contribution in [2.24, 2.45) is 0 Å². The van der Waals surface area contributed by atoms with Crippen LogP contribution < -0.4 is 10.1 Å². The van der Waals surface area contributed by atoms with E-state index in [0.717, 1.165) is 22.7 Å². The molecule has 0 fully saturated rings. The third kappa shape index (κ3) is 3.09. The van der Waals surface area contributed by atoms with Gasteiger partial charge in [-0.2, -0.15) is 0 Å². The Hall–Kier alpha value is -2.82. The van der Waals surface area contributed by atoms with Crippen molar-refractivity contribution in [2.75, 3.05) is 11.9 Å². The van der Waals surface area contributed by atoms with Gasteiger partial charge >= 0.3 is 0 Å². The molecule has 1 aromatic carbocycles. The highest BCUT2D eigenvalue weighted by Crippen LogP contribution is 2.16. The molecule has 0 unspecified atom stereocenters. The van der Waals surface area contributed by atoms with E-state index < -0.39 is 0 Å². The number of nitrogens with zero attached hydrogens (tertiary/aromatic N) is 2. The number of aromatic nitrogens is 2. The molecule has 0 aliphatic carbocycles. The minimum Gasteiger partial charge on any atom is -0.483 e. The number of carbonyl (C=O) groups excluding carboxylic acids is 1. The molecule has 0 atom stereocenters. The molecule has 0 saturated heterocycles. The van der Waals surface area contributed by atoms with E-state index in [1.54, 1.807) is 0 Å². The number of nitrogens with one attached hydrogen (secondary N) is 1. The summed E-state index contributed by atoms with van der Waals surface area (Å²) in [7, 11) is 0. The lowest BCUT2D eigenvalue weighted by molar-refractivity contribution is -0.118. The number of amides is 1. The molecular weight excluding hydrogens is 278 g/mol. The van der Waals surface area contributed by atoms with Gasteiger partial charge in [-0.25, -0.2) is 4.98 Å². The summed E-state index contributed by atoms with van der Waals surface area (Å²) in [5.41, 5.74) is 3.51. The summed E-state index contributed by atoms with van der Waals surface area (Å²) in [6, 6.07) is 11.3. The fourth-order valence-corrected chi connectivity index (χ4v) is 2.25. The third-order valence-corrected chi connectivity index (χ3v) is 3.31. The van der Waals surface area contributed by atoms with Crippen LogP contribution in [0.4, 0.5) is 5.69 Å². The van der Waals surface area contributed by atoms with Gasteiger partial charge in [-0.05, 0) is 37.6 Å². The number of hydrogen-bond acceptors (Lipinski definition) is 3. The van der Waals surface area contributed by atoms with Crippen LogP contribution in [0.1, 0.15) is 11.3 Å². The first-order valence-corrected chi connectivity index (χ1v) is 7.05. The lowest BCUT2D eigenvalue weighted by Crippen LogP contribution is -2.20. The van der Waals surface area contributed by atoms with Crippen molar-refractivity contribution in [3.8, 4) is 5.75 Å². The fourth-order valence-electron chi connectivity index (χ4n) is 2.25. The van der Waals surface area contributed by atoms with Crippen molar-refractivity contribution in [2.45, 2.75) is 13.8 Å². The van der Waals surface area contributed by atoms with Gasteiger partial charge in [-0.15, -0.1) is 0 Å². The molecule has 112 valence electrons. The van der Waals surface area contributed by atoms with E-state index in [1.807, 2.05) is 67.0 Å². The zero-order valence-electron chi connectivity index (χ0n) is 12.5. The Morgan fingerprint density at radius 3 is 2.82 bits per heavy atom. The number of benzene rings is 1. The second-order valence-electron chi connectivity index (χ2n) is 5.17. The Morgan fingerprint density at radius 1 is 1.18 bits per heavy atom. The van der Waals surface area contributed by atoms with Gasteiger partial charge in [0.25, 0.3) is 5.91 Å². The summed E-state index contributed by atoms with van der Waals surface area (Å²) in [5, 5.41) is 2.82. The number of imidazole rings is 1. The molecule has 3 rings (SSSR count). The summed E-state index contributed by atoms with van der Waals surface area (Å²) in [6.45, 7) is 3.86. The highest BCUT2D eigenvalue weighted by atomic mass is 16.5. The highest BCUT2D eigenvalue weighted by molar-refractivity contribution is 5.91. The van der Waals surface area contributed by atoms with Crippen molar-refractivity contribution >= 4 is 17.2 Å². The number of fused-ring (bicyclic) bond motifs is 1. The first-order chi connectivity index (χ1) is 10.6. The molecule has 0 bridgehead atoms. The first-order valence-electron chi connectivity index (χ1n) is 7.05. The second kappa shape index (κ2) is 5.89. The Labute approximate surface area is 128 Å². The maximum absolute atomic E-state index is 12.0. The number of aryl methyl sites for hydroxylation is 2. The molecule has 0 aliphatic heterocycles. The van der Waals surface area contributed by atoms with E-state index in [0.29, 0.717) is 5.69 Å². The van der Waals surface area contributed by atoms with Crippen LogP contribution in [-0.2, 0) is 4.79 Å². The lowest BCUT2D eigenvalue weighted by atomic mass is 10.2. The van der Waals surface area contributed by atoms with Crippen molar-refractivity contribution in [3.63, 3.8) is 0 Å². The zero-order chi connectivity index (χ0) is 15.5. The largest absolute Gasteiger partial charge is 0.483 e. The van der Waals surface area contributed by atoms with Crippen molar-refractivity contribution < 1.29 is 9.53 Å². The van der Waals surface area contributed by atoms with Crippen LogP contribution in [-0.4, -0.2) is 21.9 Å². The molecule has 5 heteroatoms. The second-order valence-corrected chi connectivity index (χ2v) is 5.17. The summed E-state index contributed by atoms with van der Waals surface area (Å²) in [5.74, 6) is 0.526. The standard InChI is InChI=1S/C17H17N3O2/c1-12-5-3-4-6-15(12)22-11-17(21)19-14-7-8-16-18-13(2)9-20(16)10-14/h3-10H,11H2,1-2H3,(H,19,21). The number of ether oxygens (including phenoxy) is 1. The average molecular weight is 295 g/mol. The van der Waals surface area contributed by atoms with Gasteiger partial charge in [0.05, 0.1) is 11.4 Å². The number of pyridine rings is 1. The molecule has 0 spiro atoms. The molecule has 0 aliphatic rings. The molecule has 1 N–H and O–H groups in total. The number of rotatable bonds is 4. The van der Waals surface area contributed by atoms with Crippen LogP contribution in [0.25, 0.3) is 5.65 Å². The van der Waals surface area contributed by atoms with Gasteiger partial charge in [0, 0.05) is 12.4 Å². The van der Waals surface area contributed by atoms with Crippen molar-refractivity contribution in [3.05, 3.63) is 60.0 Å². The van der Waals surface area contributed by atoms with Crippen molar-refractivity contribution in [1.29, 1.82) is 0 Å². The molecule has 2 aromatic heterocycles. The quantitative estimate of drug-likeness (QED) is 0.805. The normalized spacial score (nSPS) is 10.6. The number of anilines is 1. The fraction of sp³-hybridized carbons (Fsp3) is 0.176. The minimum atomic E-state index is -0.195. The summed E-state index contributed by atoms with van der Waals surface area (Å²) in [6.07, 6.45) is 3.75. The molecule has 3 aromatic rings. The number of hydrogen-bond donors (Lipinski definition) is 1. The van der Waals surface area contributed by atoms with Gasteiger partial charge in [0.2, 0.25) is 0 Å². The van der Waals surface area contributed by atoms with Crippen LogP contribution in [0.3, 0.4) is 0 Å². The molecule has 1 amide bonds. The zero-order valence-corrected chi connectivity index (χ0v) is 12.5. The Kier molecular flexibility index (Phi) is 3.78. The van der Waals surface area contributed by atoms with Crippen LogP contribution in [0.2, 0.25) is 0 Å². The van der Waals surface area contributed by atoms with Gasteiger partial charge in [0.1, 0.15) is 11.4 Å². The van der Waals surface area contributed by atoms with Crippen molar-refractivity contribution in [1.82, 2.24) is 9.38 Å². The molecule has 0 radical (unpaired) electrons. The Balaban J connectivity index is 1.64. The molecule has 22 heavy (non-hydrogen) atoms. The maximum Gasteiger partial charge on any atom is 0.262 e. The predicted octanol–water partition coefficient (Wildman–Crippen LogP) is 2.97. The van der Waals surface area contributed by atoms with Gasteiger partial charge < -0.3 is 14.5 Å². The van der Waals surface area contributed by atoms with Gasteiger partial charge in [-0.1, -0.05) is 18.2 Å². The van der Waals surface area contributed by atoms with Crippen LogP contribution >= 0.6 is 0 Å². The van der Waals surface area contributed by atoms with E-state index in [9.17, 15) is 4.79 Å². The summed E-state index contributed by atoms with van der Waals surface area (Å²) >= 11 is 0. The van der Waals surface area contributed by atoms with Gasteiger partial charge in [0.15, 0.2) is 6.61 Å². The van der Waals surface area contributed by atoms with E-state index in [4.69, 9.17) is 4.74 Å². The number of carbonyl (C=O) groups is 1. The van der Waals surface area contributed by atoms with E-state index in [2.05, 4.69) is 10.3 Å². The molecule has 2 heterocycles. The Morgan fingerprint density at radius 2 is 2.00 bits per heavy atom.